The van der Waals surface area contributed by atoms with E-state index in [2.05, 4.69) is 17.0 Å². The fourth-order valence-electron chi connectivity index (χ4n) is 4.22. The predicted octanol–water partition coefficient (Wildman–Crippen LogP) is 2.74. The molecule has 1 atom stereocenters. The maximum absolute atomic E-state index is 13.6. The Hall–Kier alpha value is -2.77. The Morgan fingerprint density at radius 3 is 2.48 bits per heavy atom. The minimum absolute atomic E-state index is 0.0604. The Morgan fingerprint density at radius 1 is 1.10 bits per heavy atom. The van der Waals surface area contributed by atoms with Crippen LogP contribution < -0.4 is 0 Å². The van der Waals surface area contributed by atoms with Crippen LogP contribution in [0.15, 0.2) is 54.6 Å². The summed E-state index contributed by atoms with van der Waals surface area (Å²) in [4.78, 5) is 28.5. The van der Waals surface area contributed by atoms with Crippen molar-refractivity contribution in [2.24, 2.45) is 0 Å². The number of amides is 1. The molecule has 2 aliphatic heterocycles. The van der Waals surface area contributed by atoms with Gasteiger partial charge < -0.3 is 9.84 Å². The summed E-state index contributed by atoms with van der Waals surface area (Å²) >= 11 is 0. The first-order valence-electron chi connectivity index (χ1n) is 9.71. The van der Waals surface area contributed by atoms with E-state index >= 15 is 0 Å². The fourth-order valence-corrected chi connectivity index (χ4v) is 4.22. The van der Waals surface area contributed by atoms with E-state index in [4.69, 9.17) is 4.74 Å². The van der Waals surface area contributed by atoms with Crippen molar-refractivity contribution in [1.82, 2.24) is 9.80 Å². The molecule has 1 spiro atoms. The second-order valence-corrected chi connectivity index (χ2v) is 7.56. The number of halogens is 1. The lowest BCUT2D eigenvalue weighted by atomic mass is 9.96. The van der Waals surface area contributed by atoms with E-state index in [1.807, 2.05) is 18.2 Å². The summed E-state index contributed by atoms with van der Waals surface area (Å²) in [5, 5.41) is 9.64. The molecule has 6 nitrogen and oxygen atoms in total. The second kappa shape index (κ2) is 7.93. The molecule has 7 heteroatoms. The number of hydrogen-bond donors (Lipinski definition) is 1. The van der Waals surface area contributed by atoms with Gasteiger partial charge in [0.25, 0.3) is 5.91 Å². The van der Waals surface area contributed by atoms with Gasteiger partial charge in [0.2, 0.25) is 0 Å². The van der Waals surface area contributed by atoms with Gasteiger partial charge in [-0.15, -0.1) is 0 Å². The van der Waals surface area contributed by atoms with Crippen LogP contribution in [0, 0.1) is 5.82 Å². The topological polar surface area (TPSA) is 70.1 Å². The molecule has 0 bridgehead atoms. The van der Waals surface area contributed by atoms with E-state index in [0.717, 1.165) is 12.6 Å². The average Bonchev–Trinajstić information content (AvgIpc) is 3.09. The number of carbonyl (C=O) groups excluding carboxylic acids is 1. The van der Waals surface area contributed by atoms with E-state index in [-0.39, 0.29) is 12.2 Å². The van der Waals surface area contributed by atoms with Crippen LogP contribution in [-0.4, -0.2) is 58.2 Å². The van der Waals surface area contributed by atoms with Crippen molar-refractivity contribution < 1.29 is 23.8 Å². The molecule has 0 aromatic heterocycles. The van der Waals surface area contributed by atoms with Gasteiger partial charge in [-0.05, 0) is 23.8 Å². The fraction of sp³-hybridized carbons (Fsp3) is 0.364. The lowest BCUT2D eigenvalue weighted by Crippen LogP contribution is -2.58. The van der Waals surface area contributed by atoms with Crippen molar-refractivity contribution >= 4 is 11.9 Å². The summed E-state index contributed by atoms with van der Waals surface area (Å²) < 4.78 is 19.6. The van der Waals surface area contributed by atoms with Crippen molar-refractivity contribution in [2.75, 3.05) is 19.7 Å². The Balaban J connectivity index is 1.54. The third-order valence-electron chi connectivity index (χ3n) is 5.72. The van der Waals surface area contributed by atoms with Crippen molar-refractivity contribution in [3.8, 4) is 0 Å². The number of likely N-dealkylation sites (tertiary alicyclic amines) is 1. The smallest absolute Gasteiger partial charge is 0.328 e. The molecule has 2 aliphatic rings. The minimum Gasteiger partial charge on any atom is -0.480 e. The predicted molar refractivity (Wildman–Crippen MR) is 104 cm³/mol. The zero-order valence-electron chi connectivity index (χ0n) is 16.0. The van der Waals surface area contributed by atoms with Crippen LogP contribution in [0.2, 0.25) is 0 Å². The number of nitrogens with zero attached hydrogens (tertiary/aromatic N) is 2. The van der Waals surface area contributed by atoms with Gasteiger partial charge in [0.15, 0.2) is 6.04 Å². The number of ether oxygens (including phenoxy) is 1. The second-order valence-electron chi connectivity index (χ2n) is 7.56. The van der Waals surface area contributed by atoms with Crippen LogP contribution in [-0.2, 0) is 16.1 Å². The molecule has 2 aromatic carbocycles. The molecule has 0 unspecified atom stereocenters. The highest BCUT2D eigenvalue weighted by Gasteiger charge is 2.54. The van der Waals surface area contributed by atoms with Crippen LogP contribution in [0.25, 0.3) is 0 Å². The summed E-state index contributed by atoms with van der Waals surface area (Å²) in [6.07, 6.45) is 1.01. The van der Waals surface area contributed by atoms with Crippen molar-refractivity contribution in [2.45, 2.75) is 31.2 Å². The van der Waals surface area contributed by atoms with Crippen molar-refractivity contribution in [3.63, 3.8) is 0 Å². The van der Waals surface area contributed by atoms with Crippen LogP contribution in [0.5, 0.6) is 0 Å². The van der Waals surface area contributed by atoms with Crippen LogP contribution in [0.1, 0.15) is 28.8 Å². The molecular formula is C22H23FN2O4. The van der Waals surface area contributed by atoms with Gasteiger partial charge in [-0.25, -0.2) is 9.18 Å². The van der Waals surface area contributed by atoms with E-state index in [1.54, 1.807) is 0 Å². The Bertz CT molecular complexity index is 897. The molecule has 152 valence electrons. The highest BCUT2D eigenvalue weighted by atomic mass is 19.1. The van der Waals surface area contributed by atoms with Crippen molar-refractivity contribution in [1.29, 1.82) is 0 Å². The zero-order chi connectivity index (χ0) is 20.4. The lowest BCUT2D eigenvalue weighted by Gasteiger charge is -2.44. The number of hydrogen-bond acceptors (Lipinski definition) is 4. The third kappa shape index (κ3) is 3.88. The van der Waals surface area contributed by atoms with Gasteiger partial charge in [0, 0.05) is 38.0 Å². The minimum atomic E-state index is -1.11. The molecule has 2 saturated heterocycles. The van der Waals surface area contributed by atoms with Crippen LogP contribution in [0.3, 0.4) is 0 Å². The van der Waals surface area contributed by atoms with Crippen molar-refractivity contribution in [3.05, 3.63) is 71.5 Å². The largest absolute Gasteiger partial charge is 0.480 e. The first-order chi connectivity index (χ1) is 14.0. The molecule has 4 rings (SSSR count). The molecule has 0 saturated carbocycles. The summed E-state index contributed by atoms with van der Waals surface area (Å²) in [5.41, 5.74) is 0.361. The molecule has 1 amide bonds. The van der Waals surface area contributed by atoms with Gasteiger partial charge in [0.05, 0.1) is 6.61 Å². The van der Waals surface area contributed by atoms with Gasteiger partial charge in [-0.3, -0.25) is 14.6 Å². The monoisotopic (exact) mass is 398 g/mol. The first-order valence-corrected chi connectivity index (χ1v) is 9.71. The number of aliphatic carboxylic acids is 1. The Kier molecular flexibility index (Phi) is 5.34. The third-order valence-corrected chi connectivity index (χ3v) is 5.72. The molecule has 2 heterocycles. The summed E-state index contributed by atoms with van der Waals surface area (Å²) in [7, 11) is 0. The molecule has 1 N–H and O–H groups in total. The number of carboxylic acid groups (broad SMARTS) is 1. The number of piperidine rings is 1. The van der Waals surface area contributed by atoms with Gasteiger partial charge in [-0.1, -0.05) is 36.4 Å². The maximum Gasteiger partial charge on any atom is 0.328 e. The zero-order valence-corrected chi connectivity index (χ0v) is 16.0. The van der Waals surface area contributed by atoms with E-state index in [0.29, 0.717) is 25.9 Å². The number of rotatable bonds is 4. The Labute approximate surface area is 168 Å². The molecule has 2 aromatic rings. The Morgan fingerprint density at radius 2 is 1.83 bits per heavy atom. The number of carbonyl (C=O) groups is 2. The number of benzene rings is 2. The van der Waals surface area contributed by atoms with Gasteiger partial charge >= 0.3 is 5.97 Å². The molecule has 0 aliphatic carbocycles. The molecule has 29 heavy (non-hydrogen) atoms. The summed E-state index contributed by atoms with van der Waals surface area (Å²) in [5.74, 6) is -2.15. The molecule has 2 fully saturated rings. The van der Waals surface area contributed by atoms with E-state index in [9.17, 15) is 19.1 Å². The lowest BCUT2D eigenvalue weighted by molar-refractivity contribution is -0.144. The highest BCUT2D eigenvalue weighted by molar-refractivity contribution is 5.97. The molecular weight excluding hydrogens is 375 g/mol. The van der Waals surface area contributed by atoms with Crippen LogP contribution >= 0.6 is 0 Å². The summed E-state index contributed by atoms with van der Waals surface area (Å²) in [6.45, 7) is 2.08. The van der Waals surface area contributed by atoms with E-state index < -0.39 is 29.5 Å². The van der Waals surface area contributed by atoms with Gasteiger partial charge in [-0.2, -0.15) is 0 Å². The maximum atomic E-state index is 13.6. The van der Waals surface area contributed by atoms with Crippen LogP contribution in [0.4, 0.5) is 4.39 Å². The standard InChI is InChI=1S/C22H23FN2O4/c23-18-8-4-7-17(13-18)20(26)25-19(21(27)28)15-29-22(25)9-11-24(12-10-22)14-16-5-2-1-3-6-16/h1-8,13,19H,9-12,14-15H2,(H,27,28)/t19-/m0/s1. The average molecular weight is 398 g/mol. The SMILES string of the molecule is O=C(O)[C@@H]1COC2(CCN(Cc3ccccc3)CC2)N1C(=O)c1cccc(F)c1. The number of carboxylic acids is 1. The highest BCUT2D eigenvalue weighted by Crippen LogP contribution is 2.38. The van der Waals surface area contributed by atoms with Gasteiger partial charge in [0.1, 0.15) is 11.5 Å². The summed E-state index contributed by atoms with van der Waals surface area (Å²) in [6, 6.07) is 14.4. The quantitative estimate of drug-likeness (QED) is 0.858. The normalized spacial score (nSPS) is 21.4. The van der Waals surface area contributed by atoms with E-state index in [1.165, 1.54) is 28.7 Å². The first kappa shape index (κ1) is 19.5. The molecule has 0 radical (unpaired) electrons.